The smallest absolute Gasteiger partial charge is 0.127 e. The highest BCUT2D eigenvalue weighted by molar-refractivity contribution is 5.42. The zero-order valence-electron chi connectivity index (χ0n) is 13.0. The maximum Gasteiger partial charge on any atom is 0.127 e. The van der Waals surface area contributed by atoms with Gasteiger partial charge in [-0.15, -0.1) is 0 Å². The van der Waals surface area contributed by atoms with E-state index in [2.05, 4.69) is 6.58 Å². The molecular weight excluding hydrogens is 240 g/mol. The standard InChI is InChI=1S/C16H28O3/c1-7-13(15(17)8-2)14(11-18-9-3)16(12(5)6)19-10-4/h7,15,17H,5,8-11H2,1-4,6H3/b13-7+,16-14+. The lowest BCUT2D eigenvalue weighted by Gasteiger charge is -2.21. The number of rotatable bonds is 9. The molecular formula is C16H28O3. The second kappa shape index (κ2) is 9.82. The Morgan fingerprint density at radius 1 is 1.26 bits per heavy atom. The van der Waals surface area contributed by atoms with Crippen LogP contribution in [0.5, 0.6) is 0 Å². The van der Waals surface area contributed by atoms with E-state index in [9.17, 15) is 5.11 Å². The van der Waals surface area contributed by atoms with E-state index in [0.29, 0.717) is 26.2 Å². The predicted octanol–water partition coefficient (Wildman–Crippen LogP) is 3.61. The van der Waals surface area contributed by atoms with Crippen LogP contribution in [0.4, 0.5) is 0 Å². The van der Waals surface area contributed by atoms with Crippen LogP contribution >= 0.6 is 0 Å². The number of aliphatic hydroxyl groups is 1. The second-order valence-electron chi connectivity index (χ2n) is 4.33. The summed E-state index contributed by atoms with van der Waals surface area (Å²) in [5, 5.41) is 10.1. The molecule has 0 bridgehead atoms. The van der Waals surface area contributed by atoms with Gasteiger partial charge in [-0.3, -0.25) is 0 Å². The molecule has 0 aromatic rings. The van der Waals surface area contributed by atoms with Gasteiger partial charge in [0.05, 0.1) is 19.3 Å². The molecule has 0 rings (SSSR count). The van der Waals surface area contributed by atoms with E-state index in [0.717, 1.165) is 22.5 Å². The molecule has 0 heterocycles. The maximum atomic E-state index is 10.1. The number of hydrogen-bond acceptors (Lipinski definition) is 3. The Kier molecular flexibility index (Phi) is 9.27. The van der Waals surface area contributed by atoms with Crippen LogP contribution in [0.1, 0.15) is 41.0 Å². The molecule has 0 amide bonds. The van der Waals surface area contributed by atoms with Crippen molar-refractivity contribution in [3.8, 4) is 0 Å². The highest BCUT2D eigenvalue weighted by Crippen LogP contribution is 2.25. The van der Waals surface area contributed by atoms with Crippen molar-refractivity contribution in [2.45, 2.75) is 47.1 Å². The van der Waals surface area contributed by atoms with Gasteiger partial charge < -0.3 is 14.6 Å². The molecule has 0 aliphatic rings. The first kappa shape index (κ1) is 17.9. The molecule has 0 fully saturated rings. The minimum atomic E-state index is -0.504. The summed E-state index contributed by atoms with van der Waals surface area (Å²) in [6, 6.07) is 0. The first-order chi connectivity index (χ1) is 9.03. The van der Waals surface area contributed by atoms with E-state index in [1.165, 1.54) is 0 Å². The molecule has 3 nitrogen and oxygen atoms in total. The molecule has 110 valence electrons. The van der Waals surface area contributed by atoms with Gasteiger partial charge in [0.1, 0.15) is 5.76 Å². The fraction of sp³-hybridized carbons (Fsp3) is 0.625. The highest BCUT2D eigenvalue weighted by atomic mass is 16.5. The first-order valence-corrected chi connectivity index (χ1v) is 6.97. The molecule has 19 heavy (non-hydrogen) atoms. The van der Waals surface area contributed by atoms with Crippen LogP contribution in [-0.2, 0) is 9.47 Å². The summed E-state index contributed by atoms with van der Waals surface area (Å²) >= 11 is 0. The van der Waals surface area contributed by atoms with E-state index in [1.807, 2.05) is 40.7 Å². The Hall–Kier alpha value is -1.06. The average Bonchev–Trinajstić information content (AvgIpc) is 2.40. The van der Waals surface area contributed by atoms with Crippen molar-refractivity contribution in [3.63, 3.8) is 0 Å². The van der Waals surface area contributed by atoms with Crippen LogP contribution in [0.2, 0.25) is 0 Å². The molecule has 0 spiro atoms. The van der Waals surface area contributed by atoms with Crippen LogP contribution in [0.15, 0.2) is 35.1 Å². The molecule has 0 aliphatic heterocycles. The zero-order chi connectivity index (χ0) is 14.8. The molecule has 1 atom stereocenters. The zero-order valence-corrected chi connectivity index (χ0v) is 13.0. The minimum Gasteiger partial charge on any atom is -0.493 e. The average molecular weight is 268 g/mol. The van der Waals surface area contributed by atoms with Gasteiger partial charge >= 0.3 is 0 Å². The van der Waals surface area contributed by atoms with Crippen LogP contribution < -0.4 is 0 Å². The summed E-state index contributed by atoms with van der Waals surface area (Å²) in [4.78, 5) is 0. The summed E-state index contributed by atoms with van der Waals surface area (Å²) in [6.45, 7) is 15.2. The lowest BCUT2D eigenvalue weighted by molar-refractivity contribution is 0.154. The van der Waals surface area contributed by atoms with Gasteiger partial charge in [-0.25, -0.2) is 0 Å². The molecule has 0 aromatic heterocycles. The maximum absolute atomic E-state index is 10.1. The van der Waals surface area contributed by atoms with E-state index < -0.39 is 6.10 Å². The minimum absolute atomic E-state index is 0.426. The molecule has 1 unspecified atom stereocenters. The summed E-state index contributed by atoms with van der Waals surface area (Å²) < 4.78 is 11.2. The van der Waals surface area contributed by atoms with Crippen molar-refractivity contribution in [2.75, 3.05) is 19.8 Å². The first-order valence-electron chi connectivity index (χ1n) is 6.97. The van der Waals surface area contributed by atoms with E-state index >= 15 is 0 Å². The Labute approximate surface area is 117 Å². The Bertz CT molecular complexity index is 340. The van der Waals surface area contributed by atoms with E-state index in [-0.39, 0.29) is 0 Å². The third kappa shape index (κ3) is 5.62. The second-order valence-corrected chi connectivity index (χ2v) is 4.33. The SMILES string of the molecule is C=C(C)/C(OCC)=C(COCC)\C(=C/C)C(O)CC. The monoisotopic (exact) mass is 268 g/mol. The Morgan fingerprint density at radius 3 is 2.26 bits per heavy atom. The van der Waals surface area contributed by atoms with Gasteiger partial charge in [0.25, 0.3) is 0 Å². The largest absolute Gasteiger partial charge is 0.493 e. The molecule has 0 radical (unpaired) electrons. The lowest BCUT2D eigenvalue weighted by atomic mass is 9.96. The number of aliphatic hydroxyl groups excluding tert-OH is 1. The van der Waals surface area contributed by atoms with Crippen LogP contribution in [0, 0.1) is 0 Å². The van der Waals surface area contributed by atoms with Gasteiger partial charge in [0.15, 0.2) is 0 Å². The van der Waals surface area contributed by atoms with Crippen LogP contribution in [0.3, 0.4) is 0 Å². The van der Waals surface area contributed by atoms with Gasteiger partial charge in [-0.2, -0.15) is 0 Å². The molecule has 0 aromatic carbocycles. The van der Waals surface area contributed by atoms with Gasteiger partial charge in [-0.1, -0.05) is 19.6 Å². The summed E-state index contributed by atoms with van der Waals surface area (Å²) in [5.41, 5.74) is 2.61. The fourth-order valence-corrected chi connectivity index (χ4v) is 1.88. The molecule has 0 saturated carbocycles. The third-order valence-corrected chi connectivity index (χ3v) is 2.81. The topological polar surface area (TPSA) is 38.7 Å². The van der Waals surface area contributed by atoms with E-state index in [4.69, 9.17) is 9.47 Å². The molecule has 1 N–H and O–H groups in total. The fourth-order valence-electron chi connectivity index (χ4n) is 1.88. The van der Waals surface area contributed by atoms with Gasteiger partial charge in [0.2, 0.25) is 0 Å². The number of ether oxygens (including phenoxy) is 2. The Balaban J connectivity index is 5.60. The molecule has 0 saturated heterocycles. The lowest BCUT2D eigenvalue weighted by Crippen LogP contribution is -2.17. The van der Waals surface area contributed by atoms with Crippen molar-refractivity contribution in [3.05, 3.63) is 35.1 Å². The number of allylic oxidation sites excluding steroid dienone is 2. The van der Waals surface area contributed by atoms with Crippen LogP contribution in [-0.4, -0.2) is 31.0 Å². The molecule has 0 aliphatic carbocycles. The highest BCUT2D eigenvalue weighted by Gasteiger charge is 2.19. The normalized spacial score (nSPS) is 14.9. The van der Waals surface area contributed by atoms with Crippen molar-refractivity contribution < 1.29 is 14.6 Å². The quantitative estimate of drug-likeness (QED) is 0.513. The summed E-state index contributed by atoms with van der Waals surface area (Å²) in [7, 11) is 0. The van der Waals surface area contributed by atoms with Crippen LogP contribution in [0.25, 0.3) is 0 Å². The van der Waals surface area contributed by atoms with Crippen molar-refractivity contribution in [1.82, 2.24) is 0 Å². The van der Waals surface area contributed by atoms with Gasteiger partial charge in [-0.05, 0) is 45.3 Å². The summed E-state index contributed by atoms with van der Waals surface area (Å²) in [6.07, 6.45) is 2.07. The van der Waals surface area contributed by atoms with Crippen molar-refractivity contribution >= 4 is 0 Å². The summed E-state index contributed by atoms with van der Waals surface area (Å²) in [5.74, 6) is 0.733. The predicted molar refractivity (Wildman–Crippen MR) is 80.0 cm³/mol. The third-order valence-electron chi connectivity index (χ3n) is 2.81. The van der Waals surface area contributed by atoms with E-state index in [1.54, 1.807) is 0 Å². The van der Waals surface area contributed by atoms with Gasteiger partial charge in [0, 0.05) is 12.2 Å². The Morgan fingerprint density at radius 2 is 1.89 bits per heavy atom. The number of hydrogen-bond donors (Lipinski definition) is 1. The van der Waals surface area contributed by atoms with Crippen molar-refractivity contribution in [2.24, 2.45) is 0 Å². The van der Waals surface area contributed by atoms with Crippen molar-refractivity contribution in [1.29, 1.82) is 0 Å². The molecule has 3 heteroatoms.